The van der Waals surface area contributed by atoms with E-state index < -0.39 is 0 Å². The zero-order chi connectivity index (χ0) is 14.1. The number of piperidine rings is 1. The molecule has 0 bridgehead atoms. The maximum absolute atomic E-state index is 5.57. The number of aromatic nitrogens is 4. The van der Waals surface area contributed by atoms with Crippen molar-refractivity contribution in [1.29, 1.82) is 0 Å². The van der Waals surface area contributed by atoms with E-state index in [1.807, 2.05) is 16.9 Å². The van der Waals surface area contributed by atoms with E-state index in [-0.39, 0.29) is 6.10 Å². The van der Waals surface area contributed by atoms with Crippen LogP contribution < -0.4 is 5.32 Å². The molecule has 2 unspecified atom stereocenters. The molecule has 2 aromatic heterocycles. The van der Waals surface area contributed by atoms with Gasteiger partial charge in [0.15, 0.2) is 5.69 Å². The number of hydrogen-bond acceptors (Lipinski definition) is 6. The zero-order valence-corrected chi connectivity index (χ0v) is 11.9. The highest BCUT2D eigenvalue weighted by atomic mass is 16.5. The lowest BCUT2D eigenvalue weighted by molar-refractivity contribution is 0.103. The van der Waals surface area contributed by atoms with Crippen LogP contribution in [-0.2, 0) is 4.74 Å². The van der Waals surface area contributed by atoms with Gasteiger partial charge in [-0.3, -0.25) is 4.68 Å². The molecule has 7 heteroatoms. The number of ether oxygens (including phenoxy) is 1. The molecule has 0 spiro atoms. The van der Waals surface area contributed by atoms with Gasteiger partial charge < -0.3 is 14.6 Å². The molecule has 2 atom stereocenters. The van der Waals surface area contributed by atoms with Gasteiger partial charge in [0.25, 0.3) is 5.89 Å². The summed E-state index contributed by atoms with van der Waals surface area (Å²) >= 11 is 0. The van der Waals surface area contributed by atoms with Crippen LogP contribution in [0, 0.1) is 0 Å². The molecule has 2 fully saturated rings. The van der Waals surface area contributed by atoms with Gasteiger partial charge in [0, 0.05) is 19.3 Å². The van der Waals surface area contributed by atoms with Gasteiger partial charge in [0.1, 0.15) is 6.10 Å². The van der Waals surface area contributed by atoms with Crippen LogP contribution >= 0.6 is 0 Å². The van der Waals surface area contributed by atoms with Crippen molar-refractivity contribution in [3.8, 4) is 11.6 Å². The van der Waals surface area contributed by atoms with E-state index >= 15 is 0 Å². The molecule has 2 aliphatic heterocycles. The number of nitrogens with one attached hydrogen (secondary N) is 1. The van der Waals surface area contributed by atoms with E-state index in [0.29, 0.717) is 17.8 Å². The van der Waals surface area contributed by atoms with Crippen LogP contribution in [0.2, 0.25) is 0 Å². The lowest BCUT2D eigenvalue weighted by Gasteiger charge is -2.22. The first-order valence-electron chi connectivity index (χ1n) is 7.61. The monoisotopic (exact) mass is 289 g/mol. The minimum atomic E-state index is -0.0212. The maximum atomic E-state index is 5.57. The van der Waals surface area contributed by atoms with Gasteiger partial charge >= 0.3 is 0 Å². The summed E-state index contributed by atoms with van der Waals surface area (Å²) < 4.78 is 12.9. The van der Waals surface area contributed by atoms with E-state index in [1.165, 1.54) is 6.42 Å². The minimum Gasteiger partial charge on any atom is -0.370 e. The Balaban J connectivity index is 1.52. The Labute approximate surface area is 122 Å². The Hall–Kier alpha value is -1.73. The van der Waals surface area contributed by atoms with Gasteiger partial charge in [-0.1, -0.05) is 5.16 Å². The van der Waals surface area contributed by atoms with E-state index in [9.17, 15) is 0 Å². The molecule has 21 heavy (non-hydrogen) atoms. The molecule has 0 radical (unpaired) electrons. The highest BCUT2D eigenvalue weighted by Gasteiger charge is 2.24. The van der Waals surface area contributed by atoms with Crippen LogP contribution in [0.5, 0.6) is 0 Å². The summed E-state index contributed by atoms with van der Waals surface area (Å²) in [6.45, 7) is 2.84. The Morgan fingerprint density at radius 3 is 3.10 bits per heavy atom. The van der Waals surface area contributed by atoms with Gasteiger partial charge in [-0.2, -0.15) is 10.1 Å². The highest BCUT2D eigenvalue weighted by molar-refractivity contribution is 5.45. The first kappa shape index (κ1) is 13.0. The highest BCUT2D eigenvalue weighted by Crippen LogP contribution is 2.28. The Bertz CT molecular complexity index is 596. The molecule has 2 aliphatic rings. The predicted molar refractivity (Wildman–Crippen MR) is 74.6 cm³/mol. The minimum absolute atomic E-state index is 0.0212. The second kappa shape index (κ2) is 5.57. The molecule has 2 aromatic rings. The quantitative estimate of drug-likeness (QED) is 0.926. The molecule has 0 aromatic carbocycles. The summed E-state index contributed by atoms with van der Waals surface area (Å²) in [7, 11) is 0. The molecule has 7 nitrogen and oxygen atoms in total. The number of rotatable bonds is 3. The first-order valence-corrected chi connectivity index (χ1v) is 7.61. The topological polar surface area (TPSA) is 78.0 Å². The summed E-state index contributed by atoms with van der Waals surface area (Å²) in [6, 6.07) is 2.34. The van der Waals surface area contributed by atoms with Gasteiger partial charge in [0.05, 0.1) is 6.04 Å². The molecule has 2 saturated heterocycles. The Kier molecular flexibility index (Phi) is 3.44. The normalized spacial score (nSPS) is 26.3. The molecule has 1 N–H and O–H groups in total. The lowest BCUT2D eigenvalue weighted by Crippen LogP contribution is -2.31. The van der Waals surface area contributed by atoms with E-state index in [4.69, 9.17) is 9.26 Å². The third-order valence-corrected chi connectivity index (χ3v) is 4.13. The summed E-state index contributed by atoms with van der Waals surface area (Å²) in [5.74, 6) is 1.11. The van der Waals surface area contributed by atoms with Crippen LogP contribution in [-0.4, -0.2) is 39.6 Å². The SMILES string of the molecule is c1cn(C2CCCNC2)nc1-c1nc(C2CCCO2)no1. The molecule has 4 rings (SSSR count). The Morgan fingerprint density at radius 1 is 1.29 bits per heavy atom. The van der Waals surface area contributed by atoms with E-state index in [2.05, 4.69) is 20.6 Å². The largest absolute Gasteiger partial charge is 0.370 e. The van der Waals surface area contributed by atoms with Crippen molar-refractivity contribution >= 4 is 0 Å². The predicted octanol–water partition coefficient (Wildman–Crippen LogP) is 1.71. The van der Waals surface area contributed by atoms with E-state index in [1.54, 1.807) is 0 Å². The number of nitrogens with zero attached hydrogens (tertiary/aromatic N) is 4. The summed E-state index contributed by atoms with van der Waals surface area (Å²) in [5.41, 5.74) is 0.734. The van der Waals surface area contributed by atoms with Crippen molar-refractivity contribution in [2.45, 2.75) is 37.8 Å². The lowest BCUT2D eigenvalue weighted by atomic mass is 10.1. The summed E-state index contributed by atoms with van der Waals surface area (Å²) in [4.78, 5) is 4.43. The molecular weight excluding hydrogens is 270 g/mol. The van der Waals surface area contributed by atoms with Crippen LogP contribution in [0.15, 0.2) is 16.8 Å². The van der Waals surface area contributed by atoms with Crippen LogP contribution in [0.1, 0.15) is 43.7 Å². The molecule has 0 amide bonds. The molecular formula is C14H19N5O2. The van der Waals surface area contributed by atoms with Crippen LogP contribution in [0.25, 0.3) is 11.6 Å². The number of hydrogen-bond donors (Lipinski definition) is 1. The van der Waals surface area contributed by atoms with Crippen molar-refractivity contribution in [1.82, 2.24) is 25.2 Å². The second-order valence-corrected chi connectivity index (χ2v) is 5.64. The van der Waals surface area contributed by atoms with Gasteiger partial charge in [-0.05, 0) is 38.3 Å². The van der Waals surface area contributed by atoms with Crippen molar-refractivity contribution < 1.29 is 9.26 Å². The fourth-order valence-electron chi connectivity index (χ4n) is 2.97. The fourth-order valence-corrected chi connectivity index (χ4v) is 2.97. The van der Waals surface area contributed by atoms with Crippen molar-refractivity contribution in [3.05, 3.63) is 18.1 Å². The molecule has 0 saturated carbocycles. The van der Waals surface area contributed by atoms with Crippen LogP contribution in [0.4, 0.5) is 0 Å². The second-order valence-electron chi connectivity index (χ2n) is 5.64. The molecule has 4 heterocycles. The van der Waals surface area contributed by atoms with Gasteiger partial charge in [0.2, 0.25) is 5.82 Å². The fraction of sp³-hybridized carbons (Fsp3) is 0.643. The van der Waals surface area contributed by atoms with Crippen molar-refractivity contribution in [2.75, 3.05) is 19.7 Å². The molecule has 112 valence electrons. The molecule has 0 aliphatic carbocycles. The first-order chi connectivity index (χ1) is 10.4. The average Bonchev–Trinajstić information content (AvgIpc) is 3.27. The maximum Gasteiger partial charge on any atom is 0.278 e. The van der Waals surface area contributed by atoms with Crippen molar-refractivity contribution in [2.24, 2.45) is 0 Å². The van der Waals surface area contributed by atoms with Gasteiger partial charge in [-0.15, -0.1) is 0 Å². The van der Waals surface area contributed by atoms with Gasteiger partial charge in [-0.25, -0.2) is 0 Å². The van der Waals surface area contributed by atoms with Crippen LogP contribution in [0.3, 0.4) is 0 Å². The smallest absolute Gasteiger partial charge is 0.278 e. The third kappa shape index (κ3) is 2.58. The zero-order valence-electron chi connectivity index (χ0n) is 11.9. The average molecular weight is 289 g/mol. The third-order valence-electron chi connectivity index (χ3n) is 4.13. The summed E-state index contributed by atoms with van der Waals surface area (Å²) in [6.07, 6.45) is 6.32. The summed E-state index contributed by atoms with van der Waals surface area (Å²) in [5, 5.41) is 12.0. The van der Waals surface area contributed by atoms with E-state index in [0.717, 1.165) is 44.7 Å². The Morgan fingerprint density at radius 2 is 2.29 bits per heavy atom. The van der Waals surface area contributed by atoms with Crippen molar-refractivity contribution in [3.63, 3.8) is 0 Å². The standard InChI is InChI=1S/C14H19N5O2/c1-3-10(9-15-6-1)19-7-5-11(17-19)14-16-13(18-21-14)12-4-2-8-20-12/h5,7,10,12,15H,1-4,6,8-9H2.